The zero-order valence-corrected chi connectivity index (χ0v) is 11.6. The molecule has 0 atom stereocenters. The quantitative estimate of drug-likeness (QED) is 0.734. The van der Waals surface area contributed by atoms with E-state index < -0.39 is 0 Å². The van der Waals surface area contributed by atoms with Crippen LogP contribution in [0.4, 0.5) is 0 Å². The van der Waals surface area contributed by atoms with Gasteiger partial charge >= 0.3 is 0 Å². The number of halogens is 2. The van der Waals surface area contributed by atoms with E-state index in [-0.39, 0.29) is 5.78 Å². The molecule has 2 rings (SSSR count). The first-order valence-electron chi connectivity index (χ1n) is 4.65. The molecule has 0 fully saturated rings. The molecule has 0 saturated heterocycles. The van der Waals surface area contributed by atoms with Crippen LogP contribution >= 0.6 is 38.9 Å². The molecule has 0 radical (unpaired) electrons. The summed E-state index contributed by atoms with van der Waals surface area (Å²) in [6.07, 6.45) is 0. The van der Waals surface area contributed by atoms with Gasteiger partial charge in [0.1, 0.15) is 0 Å². The molecule has 0 aliphatic rings. The highest BCUT2D eigenvalue weighted by atomic mass is 79.9. The van der Waals surface area contributed by atoms with Crippen LogP contribution in [0.2, 0.25) is 5.02 Å². The third-order valence-corrected chi connectivity index (χ3v) is 4.13. The van der Waals surface area contributed by atoms with Crippen LogP contribution in [-0.4, -0.2) is 5.78 Å². The molecule has 0 saturated carbocycles. The summed E-state index contributed by atoms with van der Waals surface area (Å²) >= 11 is 10.9. The molecule has 0 N–H and O–H groups in total. The standard InChI is InChI=1S/C12H8BrClOS/c1-7-9(6-11(13)16-7)12(15)8-4-2-3-5-10(8)14/h2-6H,1H3. The van der Waals surface area contributed by atoms with E-state index in [4.69, 9.17) is 11.6 Å². The maximum atomic E-state index is 12.2. The minimum atomic E-state index is -0.0231. The van der Waals surface area contributed by atoms with E-state index in [9.17, 15) is 4.79 Å². The van der Waals surface area contributed by atoms with E-state index in [0.717, 1.165) is 8.66 Å². The van der Waals surface area contributed by atoms with Gasteiger partial charge in [0.15, 0.2) is 5.78 Å². The molecule has 4 heteroatoms. The molecule has 1 nitrogen and oxygen atoms in total. The number of carbonyl (C=O) groups excluding carboxylic acids is 1. The summed E-state index contributed by atoms with van der Waals surface area (Å²) in [5, 5.41) is 0.495. The Bertz CT molecular complexity index is 548. The van der Waals surface area contributed by atoms with Crippen LogP contribution in [0.5, 0.6) is 0 Å². The fraction of sp³-hybridized carbons (Fsp3) is 0.0833. The van der Waals surface area contributed by atoms with E-state index >= 15 is 0 Å². The summed E-state index contributed by atoms with van der Waals surface area (Å²) in [6.45, 7) is 1.93. The third-order valence-electron chi connectivity index (χ3n) is 2.25. The monoisotopic (exact) mass is 314 g/mol. The predicted octanol–water partition coefficient (Wildman–Crippen LogP) is 4.70. The van der Waals surface area contributed by atoms with Crippen molar-refractivity contribution in [1.82, 2.24) is 0 Å². The molecule has 16 heavy (non-hydrogen) atoms. The van der Waals surface area contributed by atoms with Gasteiger partial charge in [-0.25, -0.2) is 0 Å². The molecular formula is C12H8BrClOS. The lowest BCUT2D eigenvalue weighted by Gasteiger charge is -2.02. The van der Waals surface area contributed by atoms with Crippen LogP contribution in [0.15, 0.2) is 34.1 Å². The van der Waals surface area contributed by atoms with Crippen molar-refractivity contribution >= 4 is 44.7 Å². The van der Waals surface area contributed by atoms with E-state index in [2.05, 4.69) is 15.9 Å². The molecule has 0 unspecified atom stereocenters. The van der Waals surface area contributed by atoms with Crippen molar-refractivity contribution in [3.05, 3.63) is 55.1 Å². The number of carbonyl (C=O) groups is 1. The van der Waals surface area contributed by atoms with Crippen LogP contribution in [0.1, 0.15) is 20.8 Å². The minimum absolute atomic E-state index is 0.0231. The van der Waals surface area contributed by atoms with Gasteiger partial charge in [-0.1, -0.05) is 23.7 Å². The summed E-state index contributed by atoms with van der Waals surface area (Å²) in [5.74, 6) is -0.0231. The Morgan fingerprint density at radius 1 is 1.31 bits per heavy atom. The fourth-order valence-corrected chi connectivity index (χ4v) is 3.37. The fourth-order valence-electron chi connectivity index (χ4n) is 1.46. The van der Waals surface area contributed by atoms with E-state index in [1.165, 1.54) is 0 Å². The van der Waals surface area contributed by atoms with Crippen molar-refractivity contribution in [3.63, 3.8) is 0 Å². The highest BCUT2D eigenvalue weighted by Gasteiger charge is 2.16. The van der Waals surface area contributed by atoms with Crippen molar-refractivity contribution in [2.45, 2.75) is 6.92 Å². The zero-order chi connectivity index (χ0) is 11.7. The summed E-state index contributed by atoms with van der Waals surface area (Å²) in [6, 6.07) is 8.94. The first-order chi connectivity index (χ1) is 7.59. The molecule has 0 spiro atoms. The Morgan fingerprint density at radius 3 is 2.56 bits per heavy atom. The second kappa shape index (κ2) is 4.70. The lowest BCUT2D eigenvalue weighted by atomic mass is 10.0. The average molecular weight is 316 g/mol. The number of hydrogen-bond acceptors (Lipinski definition) is 2. The van der Waals surface area contributed by atoms with Gasteiger partial charge < -0.3 is 0 Å². The number of hydrogen-bond donors (Lipinski definition) is 0. The van der Waals surface area contributed by atoms with Crippen LogP contribution in [0.25, 0.3) is 0 Å². The van der Waals surface area contributed by atoms with Crippen molar-refractivity contribution < 1.29 is 4.79 Å². The summed E-state index contributed by atoms with van der Waals surface area (Å²) in [5.41, 5.74) is 1.27. The Morgan fingerprint density at radius 2 is 2.00 bits per heavy atom. The molecule has 0 aliphatic heterocycles. The largest absolute Gasteiger partial charge is 0.289 e. The van der Waals surface area contributed by atoms with Gasteiger partial charge in [0.2, 0.25) is 0 Å². The summed E-state index contributed by atoms with van der Waals surface area (Å²) in [4.78, 5) is 13.2. The lowest BCUT2D eigenvalue weighted by Crippen LogP contribution is -2.01. The number of thiophene rings is 1. The molecule has 2 aromatic rings. The van der Waals surface area contributed by atoms with Gasteiger partial charge in [-0.05, 0) is 41.1 Å². The van der Waals surface area contributed by atoms with Crippen LogP contribution in [0, 0.1) is 6.92 Å². The number of rotatable bonds is 2. The second-order valence-electron chi connectivity index (χ2n) is 3.33. The molecule has 1 heterocycles. The van der Waals surface area contributed by atoms with Gasteiger partial charge in [0.25, 0.3) is 0 Å². The van der Waals surface area contributed by atoms with Gasteiger partial charge in [0.05, 0.1) is 8.81 Å². The van der Waals surface area contributed by atoms with Crippen molar-refractivity contribution in [2.75, 3.05) is 0 Å². The normalized spacial score (nSPS) is 10.4. The second-order valence-corrected chi connectivity index (χ2v) is 6.37. The van der Waals surface area contributed by atoms with Crippen molar-refractivity contribution in [3.8, 4) is 0 Å². The SMILES string of the molecule is Cc1sc(Br)cc1C(=O)c1ccccc1Cl. The molecule has 0 aliphatic carbocycles. The number of ketones is 1. The zero-order valence-electron chi connectivity index (χ0n) is 8.46. The number of aryl methyl sites for hydroxylation is 1. The Balaban J connectivity index is 2.47. The highest BCUT2D eigenvalue weighted by molar-refractivity contribution is 9.11. The maximum absolute atomic E-state index is 12.2. The van der Waals surface area contributed by atoms with Gasteiger partial charge in [-0.2, -0.15) is 0 Å². The van der Waals surface area contributed by atoms with Crippen LogP contribution in [0.3, 0.4) is 0 Å². The molecule has 1 aromatic carbocycles. The van der Waals surface area contributed by atoms with E-state index in [1.54, 1.807) is 23.5 Å². The molecule has 0 bridgehead atoms. The van der Waals surface area contributed by atoms with Gasteiger partial charge in [-0.15, -0.1) is 11.3 Å². The Labute approximate surface area is 111 Å². The Hall–Kier alpha value is -0.640. The minimum Gasteiger partial charge on any atom is -0.289 e. The molecule has 1 aromatic heterocycles. The lowest BCUT2D eigenvalue weighted by molar-refractivity contribution is 0.103. The van der Waals surface area contributed by atoms with Crippen LogP contribution < -0.4 is 0 Å². The smallest absolute Gasteiger partial charge is 0.195 e. The summed E-state index contributed by atoms with van der Waals surface area (Å²) in [7, 11) is 0. The van der Waals surface area contributed by atoms with Crippen LogP contribution in [-0.2, 0) is 0 Å². The molecular weight excluding hydrogens is 308 g/mol. The van der Waals surface area contributed by atoms with E-state index in [0.29, 0.717) is 16.1 Å². The van der Waals surface area contributed by atoms with Gasteiger partial charge in [0, 0.05) is 16.0 Å². The summed E-state index contributed by atoms with van der Waals surface area (Å²) < 4.78 is 0.959. The molecule has 82 valence electrons. The number of benzene rings is 1. The van der Waals surface area contributed by atoms with E-state index in [1.807, 2.05) is 25.1 Å². The first kappa shape index (κ1) is 11.8. The highest BCUT2D eigenvalue weighted by Crippen LogP contribution is 2.29. The van der Waals surface area contributed by atoms with Crippen molar-refractivity contribution in [1.29, 1.82) is 0 Å². The molecule has 0 amide bonds. The third kappa shape index (κ3) is 2.21. The average Bonchev–Trinajstić information content (AvgIpc) is 2.58. The maximum Gasteiger partial charge on any atom is 0.195 e. The predicted molar refractivity (Wildman–Crippen MR) is 71.6 cm³/mol. The van der Waals surface area contributed by atoms with Gasteiger partial charge in [-0.3, -0.25) is 4.79 Å². The Kier molecular flexibility index (Phi) is 3.47. The first-order valence-corrected chi connectivity index (χ1v) is 6.63. The topological polar surface area (TPSA) is 17.1 Å². The van der Waals surface area contributed by atoms with Crippen molar-refractivity contribution in [2.24, 2.45) is 0 Å².